The van der Waals surface area contributed by atoms with Crippen LogP contribution in [0.4, 0.5) is 0 Å². The van der Waals surface area contributed by atoms with E-state index < -0.39 is 10.0 Å². The monoisotopic (exact) mass is 300 g/mol. The Labute approximate surface area is 119 Å². The zero-order valence-corrected chi connectivity index (χ0v) is 12.4. The number of nitrogens with one attached hydrogen (secondary N) is 1. The second kappa shape index (κ2) is 5.99. The number of nitrogens with two attached hydrogens (primary N) is 1. The van der Waals surface area contributed by atoms with Crippen molar-refractivity contribution in [3.63, 3.8) is 0 Å². The van der Waals surface area contributed by atoms with Crippen molar-refractivity contribution < 1.29 is 17.9 Å². The smallest absolute Gasteiger partial charge is 0.241 e. The molecule has 0 bridgehead atoms. The van der Waals surface area contributed by atoms with Crippen LogP contribution in [0, 0.1) is 5.92 Å². The molecule has 7 heteroatoms. The fourth-order valence-electron chi connectivity index (χ4n) is 2.09. The molecule has 0 aromatic heterocycles. The van der Waals surface area contributed by atoms with Gasteiger partial charge >= 0.3 is 0 Å². The van der Waals surface area contributed by atoms with Crippen molar-refractivity contribution in [1.82, 2.24) is 4.72 Å². The lowest BCUT2D eigenvalue weighted by Gasteiger charge is -2.18. The van der Waals surface area contributed by atoms with E-state index in [0.717, 1.165) is 0 Å². The van der Waals surface area contributed by atoms with Gasteiger partial charge in [0.1, 0.15) is 0 Å². The average Bonchev–Trinajstić information content (AvgIpc) is 2.84. The number of fused-ring (bicyclic) bond motifs is 1. The molecule has 6 nitrogen and oxygen atoms in total. The first-order chi connectivity index (χ1) is 9.42. The van der Waals surface area contributed by atoms with Gasteiger partial charge < -0.3 is 15.2 Å². The maximum absolute atomic E-state index is 12.3. The zero-order valence-electron chi connectivity index (χ0n) is 11.6. The molecular weight excluding hydrogens is 280 g/mol. The Morgan fingerprint density at radius 1 is 1.30 bits per heavy atom. The molecule has 0 radical (unpaired) electrons. The summed E-state index contributed by atoms with van der Waals surface area (Å²) in [5.41, 5.74) is 5.62. The Bertz CT molecular complexity index is 572. The molecule has 0 saturated carbocycles. The van der Waals surface area contributed by atoms with Crippen molar-refractivity contribution >= 4 is 10.0 Å². The molecule has 0 aliphatic carbocycles. The van der Waals surface area contributed by atoms with Gasteiger partial charge in [0.25, 0.3) is 0 Å². The van der Waals surface area contributed by atoms with Crippen LogP contribution in [0.25, 0.3) is 0 Å². The molecule has 1 aromatic rings. The van der Waals surface area contributed by atoms with Crippen molar-refractivity contribution in [2.24, 2.45) is 11.7 Å². The van der Waals surface area contributed by atoms with E-state index >= 15 is 0 Å². The molecular formula is C13H20N2O4S. The molecule has 1 atom stereocenters. The van der Waals surface area contributed by atoms with Gasteiger partial charge in [0, 0.05) is 18.7 Å². The summed E-state index contributed by atoms with van der Waals surface area (Å²) in [6.45, 7) is 4.43. The SMILES string of the molecule is CC(C)CC(CN)NS(=O)(=O)c1ccc2c(c1)OCO2. The number of benzene rings is 1. The first-order valence-corrected chi connectivity index (χ1v) is 8.02. The largest absolute Gasteiger partial charge is 0.454 e. The summed E-state index contributed by atoms with van der Waals surface area (Å²) in [5, 5.41) is 0. The molecule has 1 aliphatic heterocycles. The van der Waals surface area contributed by atoms with Gasteiger partial charge in [-0.3, -0.25) is 0 Å². The number of sulfonamides is 1. The predicted octanol–water partition coefficient (Wildman–Crippen LogP) is 1.07. The normalized spacial score (nSPS) is 15.6. The minimum atomic E-state index is -3.60. The topological polar surface area (TPSA) is 90.7 Å². The lowest BCUT2D eigenvalue weighted by Crippen LogP contribution is -2.40. The molecule has 1 aliphatic rings. The summed E-state index contributed by atoms with van der Waals surface area (Å²) < 4.78 is 37.6. The highest BCUT2D eigenvalue weighted by atomic mass is 32.2. The van der Waals surface area contributed by atoms with Crippen molar-refractivity contribution in [3.8, 4) is 11.5 Å². The Morgan fingerprint density at radius 2 is 2.00 bits per heavy atom. The molecule has 0 amide bonds. The highest BCUT2D eigenvalue weighted by Gasteiger charge is 2.23. The van der Waals surface area contributed by atoms with E-state index in [9.17, 15) is 8.42 Å². The van der Waals surface area contributed by atoms with Crippen LogP contribution < -0.4 is 19.9 Å². The maximum atomic E-state index is 12.3. The van der Waals surface area contributed by atoms with Gasteiger partial charge in [-0.05, 0) is 24.5 Å². The van der Waals surface area contributed by atoms with E-state index in [1.165, 1.54) is 12.1 Å². The van der Waals surface area contributed by atoms with E-state index in [1.54, 1.807) is 6.07 Å². The minimum absolute atomic E-state index is 0.116. The van der Waals surface area contributed by atoms with Gasteiger partial charge in [-0.25, -0.2) is 13.1 Å². The van der Waals surface area contributed by atoms with Gasteiger partial charge in [-0.2, -0.15) is 0 Å². The van der Waals surface area contributed by atoms with E-state index in [-0.39, 0.29) is 24.3 Å². The molecule has 20 heavy (non-hydrogen) atoms. The Balaban J connectivity index is 2.17. The highest BCUT2D eigenvalue weighted by Crippen LogP contribution is 2.33. The number of hydrogen-bond acceptors (Lipinski definition) is 5. The molecule has 1 heterocycles. The van der Waals surface area contributed by atoms with E-state index in [4.69, 9.17) is 15.2 Å². The fraction of sp³-hybridized carbons (Fsp3) is 0.538. The summed E-state index contributed by atoms with van der Waals surface area (Å²) >= 11 is 0. The van der Waals surface area contributed by atoms with Gasteiger partial charge in [0.05, 0.1) is 4.90 Å². The number of rotatable bonds is 6. The van der Waals surface area contributed by atoms with Gasteiger partial charge in [-0.15, -0.1) is 0 Å². The summed E-state index contributed by atoms with van der Waals surface area (Å²) in [4.78, 5) is 0.156. The second-order valence-corrected chi connectivity index (χ2v) is 6.91. The second-order valence-electron chi connectivity index (χ2n) is 5.20. The summed E-state index contributed by atoms with van der Waals surface area (Å²) in [7, 11) is -3.60. The van der Waals surface area contributed by atoms with Crippen LogP contribution >= 0.6 is 0 Å². The average molecular weight is 300 g/mol. The van der Waals surface area contributed by atoms with Gasteiger partial charge in [0.2, 0.25) is 16.8 Å². The quantitative estimate of drug-likeness (QED) is 0.820. The van der Waals surface area contributed by atoms with E-state index in [2.05, 4.69) is 4.72 Å². The third-order valence-electron chi connectivity index (χ3n) is 3.02. The summed E-state index contributed by atoms with van der Waals surface area (Å²) in [6, 6.07) is 4.29. The van der Waals surface area contributed by atoms with Crippen LogP contribution in [0.2, 0.25) is 0 Å². The van der Waals surface area contributed by atoms with Crippen LogP contribution in [-0.2, 0) is 10.0 Å². The molecule has 0 saturated heterocycles. The molecule has 3 N–H and O–H groups in total. The van der Waals surface area contributed by atoms with Crippen LogP contribution in [0.5, 0.6) is 11.5 Å². The van der Waals surface area contributed by atoms with Crippen LogP contribution in [0.3, 0.4) is 0 Å². The van der Waals surface area contributed by atoms with Gasteiger partial charge in [0.15, 0.2) is 11.5 Å². The first-order valence-electron chi connectivity index (χ1n) is 6.54. The van der Waals surface area contributed by atoms with E-state index in [1.807, 2.05) is 13.8 Å². The lowest BCUT2D eigenvalue weighted by molar-refractivity contribution is 0.174. The Kier molecular flexibility index (Phi) is 4.52. The molecule has 2 rings (SSSR count). The van der Waals surface area contributed by atoms with Crippen molar-refractivity contribution in [3.05, 3.63) is 18.2 Å². The Hall–Kier alpha value is -1.31. The van der Waals surface area contributed by atoms with Crippen LogP contribution in [0.1, 0.15) is 20.3 Å². The minimum Gasteiger partial charge on any atom is -0.454 e. The molecule has 112 valence electrons. The highest BCUT2D eigenvalue weighted by molar-refractivity contribution is 7.89. The number of ether oxygens (including phenoxy) is 2. The van der Waals surface area contributed by atoms with Crippen molar-refractivity contribution in [2.75, 3.05) is 13.3 Å². The molecule has 0 spiro atoms. The number of hydrogen-bond donors (Lipinski definition) is 2. The zero-order chi connectivity index (χ0) is 14.8. The van der Waals surface area contributed by atoms with Crippen molar-refractivity contribution in [1.29, 1.82) is 0 Å². The maximum Gasteiger partial charge on any atom is 0.241 e. The first kappa shape index (κ1) is 15.1. The fourth-order valence-corrected chi connectivity index (χ4v) is 3.37. The lowest BCUT2D eigenvalue weighted by atomic mass is 10.1. The third-order valence-corrected chi connectivity index (χ3v) is 4.53. The summed E-state index contributed by atoms with van der Waals surface area (Å²) in [5.74, 6) is 1.37. The molecule has 0 fully saturated rings. The third kappa shape index (κ3) is 3.41. The van der Waals surface area contributed by atoms with Gasteiger partial charge in [-0.1, -0.05) is 13.8 Å². The summed E-state index contributed by atoms with van der Waals surface area (Å²) in [6.07, 6.45) is 0.695. The molecule has 1 unspecified atom stereocenters. The van der Waals surface area contributed by atoms with E-state index in [0.29, 0.717) is 23.8 Å². The standard InChI is InChI=1S/C13H20N2O4S/c1-9(2)5-10(7-14)15-20(16,17)11-3-4-12-13(6-11)19-8-18-12/h3-4,6,9-10,15H,5,7-8,14H2,1-2H3. The predicted molar refractivity (Wildman–Crippen MR) is 75.2 cm³/mol. The molecule has 1 aromatic carbocycles. The van der Waals surface area contributed by atoms with Crippen LogP contribution in [0.15, 0.2) is 23.1 Å². The van der Waals surface area contributed by atoms with Crippen molar-refractivity contribution in [2.45, 2.75) is 31.2 Å². The Morgan fingerprint density at radius 3 is 2.65 bits per heavy atom. The van der Waals surface area contributed by atoms with Crippen LogP contribution in [-0.4, -0.2) is 27.8 Å².